The molecule has 0 saturated heterocycles. The molecular weight excluding hydrogens is 262 g/mol. The van der Waals surface area contributed by atoms with Gasteiger partial charge >= 0.3 is 0 Å². The molecular formula is C10H12ClN3S2. The number of hydrogen-bond acceptors (Lipinski definition) is 5. The Hall–Kier alpha value is -0.650. The first-order valence-electron chi connectivity index (χ1n) is 5.02. The van der Waals surface area contributed by atoms with Crippen molar-refractivity contribution in [2.75, 3.05) is 5.32 Å². The van der Waals surface area contributed by atoms with E-state index in [-0.39, 0.29) is 6.04 Å². The number of hydrogen-bond donors (Lipinski definition) is 1. The van der Waals surface area contributed by atoms with Gasteiger partial charge in [-0.05, 0) is 30.4 Å². The van der Waals surface area contributed by atoms with Crippen molar-refractivity contribution >= 4 is 39.4 Å². The van der Waals surface area contributed by atoms with Crippen LogP contribution >= 0.6 is 34.3 Å². The Bertz CT molecular complexity index is 466. The van der Waals surface area contributed by atoms with Gasteiger partial charge < -0.3 is 5.32 Å². The molecule has 86 valence electrons. The van der Waals surface area contributed by atoms with Crippen LogP contribution in [0.1, 0.15) is 30.5 Å². The lowest BCUT2D eigenvalue weighted by molar-refractivity contribution is 0.875. The zero-order chi connectivity index (χ0) is 11.5. The summed E-state index contributed by atoms with van der Waals surface area (Å²) in [5, 5.41) is 15.5. The fraction of sp³-hybridized carbons (Fsp3) is 0.400. The van der Waals surface area contributed by atoms with Crippen molar-refractivity contribution in [3.05, 3.63) is 26.4 Å². The molecule has 6 heteroatoms. The second-order valence-electron chi connectivity index (χ2n) is 3.40. The molecule has 0 aromatic carbocycles. The lowest BCUT2D eigenvalue weighted by atomic mass is 10.2. The van der Waals surface area contributed by atoms with Gasteiger partial charge in [-0.1, -0.05) is 29.9 Å². The van der Waals surface area contributed by atoms with E-state index in [4.69, 9.17) is 11.6 Å². The Balaban J connectivity index is 2.04. The molecule has 2 rings (SSSR count). The number of thiophene rings is 1. The summed E-state index contributed by atoms with van der Waals surface area (Å²) < 4.78 is 0.815. The van der Waals surface area contributed by atoms with E-state index in [2.05, 4.69) is 34.7 Å². The molecule has 0 radical (unpaired) electrons. The average molecular weight is 274 g/mol. The Morgan fingerprint density at radius 3 is 2.88 bits per heavy atom. The number of rotatable bonds is 4. The molecule has 0 aliphatic rings. The Kier molecular flexibility index (Phi) is 3.78. The largest absolute Gasteiger partial charge is 0.354 e. The molecule has 0 aliphatic carbocycles. The number of halogens is 1. The first-order chi connectivity index (χ1) is 7.69. The lowest BCUT2D eigenvalue weighted by Crippen LogP contribution is -2.04. The van der Waals surface area contributed by atoms with Gasteiger partial charge in [0.05, 0.1) is 10.4 Å². The van der Waals surface area contributed by atoms with Crippen LogP contribution in [0.25, 0.3) is 0 Å². The Morgan fingerprint density at radius 1 is 1.50 bits per heavy atom. The van der Waals surface area contributed by atoms with Crippen LogP contribution in [0.4, 0.5) is 5.13 Å². The molecule has 1 N–H and O–H groups in total. The summed E-state index contributed by atoms with van der Waals surface area (Å²) in [5.41, 5.74) is 1.18. The van der Waals surface area contributed by atoms with E-state index in [9.17, 15) is 0 Å². The highest BCUT2D eigenvalue weighted by atomic mass is 35.5. The second-order valence-corrected chi connectivity index (χ2v) is 6.01. The number of aryl methyl sites for hydroxylation is 1. The van der Waals surface area contributed by atoms with Gasteiger partial charge in [-0.3, -0.25) is 0 Å². The smallest absolute Gasteiger partial charge is 0.206 e. The summed E-state index contributed by atoms with van der Waals surface area (Å²) in [4.78, 5) is 0. The Morgan fingerprint density at radius 2 is 2.31 bits per heavy atom. The quantitative estimate of drug-likeness (QED) is 0.915. The van der Waals surface area contributed by atoms with Crippen LogP contribution in [0, 0.1) is 0 Å². The maximum absolute atomic E-state index is 5.90. The summed E-state index contributed by atoms with van der Waals surface area (Å²) in [7, 11) is 0. The maximum atomic E-state index is 5.90. The van der Waals surface area contributed by atoms with Crippen molar-refractivity contribution in [1.29, 1.82) is 0 Å². The molecule has 2 aromatic rings. The molecule has 2 heterocycles. The van der Waals surface area contributed by atoms with Crippen LogP contribution in [0.2, 0.25) is 4.34 Å². The molecule has 0 fully saturated rings. The SMILES string of the molecule is CCc1nnc(NC(C)c2csc(Cl)c2)s1. The standard InChI is InChI=1S/C10H12ClN3S2/c1-3-9-13-14-10(16-9)12-6(2)7-4-8(11)15-5-7/h4-6H,3H2,1-2H3,(H,12,14). The van der Waals surface area contributed by atoms with Gasteiger partial charge in [-0.15, -0.1) is 21.5 Å². The van der Waals surface area contributed by atoms with Crippen LogP contribution in [0.3, 0.4) is 0 Å². The molecule has 0 spiro atoms. The van der Waals surface area contributed by atoms with E-state index in [0.717, 1.165) is 20.9 Å². The number of aromatic nitrogens is 2. The van der Waals surface area contributed by atoms with Crippen molar-refractivity contribution in [2.24, 2.45) is 0 Å². The number of nitrogens with one attached hydrogen (secondary N) is 1. The summed E-state index contributed by atoms with van der Waals surface area (Å²) in [6, 6.07) is 2.19. The predicted molar refractivity (Wildman–Crippen MR) is 70.7 cm³/mol. The number of nitrogens with zero attached hydrogens (tertiary/aromatic N) is 2. The molecule has 3 nitrogen and oxygen atoms in total. The van der Waals surface area contributed by atoms with Gasteiger partial charge in [0, 0.05) is 0 Å². The third-order valence-corrected chi connectivity index (χ3v) is 4.31. The zero-order valence-corrected chi connectivity index (χ0v) is 11.4. The minimum atomic E-state index is 0.210. The van der Waals surface area contributed by atoms with Crippen molar-refractivity contribution < 1.29 is 0 Å². The lowest BCUT2D eigenvalue weighted by Gasteiger charge is -2.09. The molecule has 0 aliphatic heterocycles. The van der Waals surface area contributed by atoms with Gasteiger partial charge in [0.2, 0.25) is 5.13 Å². The van der Waals surface area contributed by atoms with E-state index in [1.54, 1.807) is 22.7 Å². The first-order valence-corrected chi connectivity index (χ1v) is 7.09. The molecule has 1 unspecified atom stereocenters. The van der Waals surface area contributed by atoms with Gasteiger partial charge in [-0.2, -0.15) is 0 Å². The van der Waals surface area contributed by atoms with Gasteiger partial charge in [-0.25, -0.2) is 0 Å². The highest BCUT2D eigenvalue weighted by Crippen LogP contribution is 2.27. The van der Waals surface area contributed by atoms with E-state index >= 15 is 0 Å². The van der Waals surface area contributed by atoms with Gasteiger partial charge in [0.1, 0.15) is 5.01 Å². The monoisotopic (exact) mass is 273 g/mol. The third-order valence-electron chi connectivity index (χ3n) is 2.20. The summed E-state index contributed by atoms with van der Waals surface area (Å²) in [5.74, 6) is 0. The second kappa shape index (κ2) is 5.12. The summed E-state index contributed by atoms with van der Waals surface area (Å²) >= 11 is 9.04. The maximum Gasteiger partial charge on any atom is 0.206 e. The third kappa shape index (κ3) is 2.72. The zero-order valence-electron chi connectivity index (χ0n) is 9.03. The van der Waals surface area contributed by atoms with Crippen molar-refractivity contribution in [2.45, 2.75) is 26.3 Å². The molecule has 0 bridgehead atoms. The average Bonchev–Trinajstić information content (AvgIpc) is 2.87. The van der Waals surface area contributed by atoms with Crippen molar-refractivity contribution in [3.63, 3.8) is 0 Å². The van der Waals surface area contributed by atoms with Gasteiger partial charge in [0.25, 0.3) is 0 Å². The van der Waals surface area contributed by atoms with E-state index in [0.29, 0.717) is 0 Å². The van der Waals surface area contributed by atoms with Crippen molar-refractivity contribution in [3.8, 4) is 0 Å². The number of anilines is 1. The van der Waals surface area contributed by atoms with Crippen LogP contribution in [-0.2, 0) is 6.42 Å². The minimum absolute atomic E-state index is 0.210. The van der Waals surface area contributed by atoms with Crippen LogP contribution in [-0.4, -0.2) is 10.2 Å². The first kappa shape index (κ1) is 11.8. The van der Waals surface area contributed by atoms with E-state index in [1.807, 2.05) is 6.07 Å². The van der Waals surface area contributed by atoms with Crippen LogP contribution in [0.5, 0.6) is 0 Å². The molecule has 1 atom stereocenters. The minimum Gasteiger partial charge on any atom is -0.354 e. The normalized spacial score (nSPS) is 12.7. The predicted octanol–water partition coefficient (Wildman–Crippen LogP) is 3.99. The van der Waals surface area contributed by atoms with Crippen LogP contribution in [0.15, 0.2) is 11.4 Å². The Labute approximate surface area is 107 Å². The van der Waals surface area contributed by atoms with E-state index < -0.39 is 0 Å². The van der Waals surface area contributed by atoms with Crippen LogP contribution < -0.4 is 5.32 Å². The summed E-state index contributed by atoms with van der Waals surface area (Å²) in [6.07, 6.45) is 0.929. The molecule has 2 aromatic heterocycles. The van der Waals surface area contributed by atoms with Crippen molar-refractivity contribution in [1.82, 2.24) is 10.2 Å². The highest BCUT2D eigenvalue weighted by Gasteiger charge is 2.10. The fourth-order valence-electron chi connectivity index (χ4n) is 1.27. The molecule has 0 amide bonds. The fourth-order valence-corrected chi connectivity index (χ4v) is 3.02. The van der Waals surface area contributed by atoms with Gasteiger partial charge in [0.15, 0.2) is 0 Å². The highest BCUT2D eigenvalue weighted by molar-refractivity contribution is 7.15. The summed E-state index contributed by atoms with van der Waals surface area (Å²) in [6.45, 7) is 4.16. The van der Waals surface area contributed by atoms with E-state index in [1.165, 1.54) is 5.56 Å². The molecule has 16 heavy (non-hydrogen) atoms. The molecule has 0 saturated carbocycles. The topological polar surface area (TPSA) is 37.8 Å².